The molecule has 434 valence electrons. The van der Waals surface area contributed by atoms with E-state index in [0.717, 1.165) is 135 Å². The Hall–Kier alpha value is -4.37. The van der Waals surface area contributed by atoms with Crippen molar-refractivity contribution in [2.45, 2.75) is 225 Å². The van der Waals surface area contributed by atoms with Crippen LogP contribution in [0, 0.1) is 0 Å². The Kier molecular flexibility index (Phi) is 57.4. The second-order valence-electron chi connectivity index (χ2n) is 19.1. The summed E-state index contributed by atoms with van der Waals surface area (Å²) in [7, 11) is -4.40. The van der Waals surface area contributed by atoms with Crippen LogP contribution in [0.2, 0.25) is 0 Å². The molecule has 77 heavy (non-hydrogen) atoms. The lowest BCUT2D eigenvalue weighted by Crippen LogP contribution is -2.29. The van der Waals surface area contributed by atoms with E-state index in [4.69, 9.17) is 24.3 Å². The zero-order chi connectivity index (χ0) is 55.9. The quantitative estimate of drug-likeness (QED) is 0.0264. The smallest absolute Gasteiger partial charge is 0.462 e. The Bertz CT molecular complexity index is 1810. The van der Waals surface area contributed by atoms with Gasteiger partial charge >= 0.3 is 19.8 Å². The molecule has 9 nitrogen and oxygen atoms in total. The van der Waals surface area contributed by atoms with Crippen LogP contribution in [0.25, 0.3) is 0 Å². The van der Waals surface area contributed by atoms with Crippen LogP contribution in [0.4, 0.5) is 0 Å². The number of carbonyl (C=O) groups is 2. The maximum Gasteiger partial charge on any atom is 0.472 e. The Labute approximate surface area is 470 Å². The summed E-state index contributed by atoms with van der Waals surface area (Å²) in [4.78, 5) is 35.2. The van der Waals surface area contributed by atoms with E-state index >= 15 is 0 Å². The first-order valence-electron chi connectivity index (χ1n) is 30.0. The molecule has 0 saturated heterocycles. The van der Waals surface area contributed by atoms with Gasteiger partial charge in [0.25, 0.3) is 0 Å². The number of rotatable bonds is 54. The molecule has 2 atom stereocenters. The van der Waals surface area contributed by atoms with E-state index in [9.17, 15) is 19.0 Å². The Morgan fingerprint density at radius 3 is 1.00 bits per heavy atom. The van der Waals surface area contributed by atoms with Crippen molar-refractivity contribution in [1.82, 2.24) is 0 Å². The summed E-state index contributed by atoms with van der Waals surface area (Å²) in [6.07, 6.45) is 88.7. The third-order valence-corrected chi connectivity index (χ3v) is 12.9. The van der Waals surface area contributed by atoms with Crippen molar-refractivity contribution in [2.75, 3.05) is 26.4 Å². The van der Waals surface area contributed by atoms with Crippen LogP contribution in [-0.4, -0.2) is 49.3 Å². The zero-order valence-corrected chi connectivity index (χ0v) is 49.3. The second kappa shape index (κ2) is 60.9. The van der Waals surface area contributed by atoms with Gasteiger partial charge in [-0.2, -0.15) is 0 Å². The average Bonchev–Trinajstić information content (AvgIpc) is 3.42. The van der Waals surface area contributed by atoms with Crippen LogP contribution in [0.15, 0.2) is 158 Å². The summed E-state index contributed by atoms with van der Waals surface area (Å²) in [5, 5.41) is 0. The van der Waals surface area contributed by atoms with Crippen LogP contribution in [0.3, 0.4) is 0 Å². The number of hydrogen-bond acceptors (Lipinski definition) is 8. The van der Waals surface area contributed by atoms with E-state index in [-0.39, 0.29) is 32.6 Å². The number of esters is 2. The fraction of sp³-hybridized carbons (Fsp3) is 0.582. The van der Waals surface area contributed by atoms with Crippen molar-refractivity contribution >= 4 is 19.8 Å². The molecule has 0 fully saturated rings. The summed E-state index contributed by atoms with van der Waals surface area (Å²) in [5.41, 5.74) is 5.38. The van der Waals surface area contributed by atoms with Gasteiger partial charge in [-0.25, -0.2) is 4.57 Å². The third kappa shape index (κ3) is 60.7. The number of carbonyl (C=O) groups excluding carboxylic acids is 2. The molecular formula is C67H108NO8P. The second-order valence-corrected chi connectivity index (χ2v) is 20.6. The molecule has 2 unspecified atom stereocenters. The van der Waals surface area contributed by atoms with Crippen molar-refractivity contribution in [3.05, 3.63) is 158 Å². The monoisotopic (exact) mass is 1090 g/mol. The average molecular weight is 1090 g/mol. The first kappa shape index (κ1) is 72.6. The number of phosphoric acid groups is 1. The predicted molar refractivity (Wildman–Crippen MR) is 330 cm³/mol. The maximum atomic E-state index is 12.7. The standard InChI is InChI=1S/C67H108NO8P/c1-3-5-7-9-11-13-15-17-19-21-22-23-24-25-26-27-28-29-30-31-32-33-34-35-36-37-38-39-40-41-42-44-46-48-50-52-54-56-58-60-67(70)76-65(64-75-77(71,72)74-62-61-68)63-73-66(69)59-57-55-53-51-49-47-45-43-20-18-16-14-12-10-8-6-4-2/h5-8,11-14,17-20,22-23,25-26,28-29,31-32,34-35,37-38,40-41,65H,3-4,9-10,15-16,21,24,27,30,33,36,39,42-64,68H2,1-2H3,(H,71,72)/b7-5-,8-6-,13-11-,14-12-,19-17-,20-18-,23-22-,26-25-,29-28-,32-31-,35-34-,38-37-,41-40-. The van der Waals surface area contributed by atoms with Gasteiger partial charge in [-0.15, -0.1) is 0 Å². The maximum absolute atomic E-state index is 12.7. The Morgan fingerprint density at radius 1 is 0.390 bits per heavy atom. The predicted octanol–water partition coefficient (Wildman–Crippen LogP) is 19.3. The molecule has 0 aliphatic carbocycles. The van der Waals surface area contributed by atoms with Crippen LogP contribution in [-0.2, 0) is 32.7 Å². The fourth-order valence-electron chi connectivity index (χ4n) is 7.56. The highest BCUT2D eigenvalue weighted by Crippen LogP contribution is 2.43. The highest BCUT2D eigenvalue weighted by molar-refractivity contribution is 7.47. The van der Waals surface area contributed by atoms with Crippen molar-refractivity contribution in [3.63, 3.8) is 0 Å². The minimum absolute atomic E-state index is 0.0423. The molecule has 0 spiro atoms. The first-order valence-corrected chi connectivity index (χ1v) is 31.5. The molecule has 0 aromatic heterocycles. The zero-order valence-electron chi connectivity index (χ0n) is 48.4. The molecule has 0 rings (SSSR count). The summed E-state index contributed by atoms with van der Waals surface area (Å²) in [6.45, 7) is 3.47. The molecule has 0 amide bonds. The van der Waals surface area contributed by atoms with Crippen molar-refractivity contribution < 1.29 is 37.6 Å². The molecule has 0 radical (unpaired) electrons. The van der Waals surface area contributed by atoms with Crippen molar-refractivity contribution in [2.24, 2.45) is 5.73 Å². The van der Waals surface area contributed by atoms with Gasteiger partial charge in [0.05, 0.1) is 13.2 Å². The number of ether oxygens (including phenoxy) is 2. The lowest BCUT2D eigenvalue weighted by Gasteiger charge is -2.19. The highest BCUT2D eigenvalue weighted by atomic mass is 31.2. The van der Waals surface area contributed by atoms with Crippen LogP contribution in [0.5, 0.6) is 0 Å². The molecular weight excluding hydrogens is 978 g/mol. The summed E-state index contributed by atoms with van der Waals surface area (Å²) in [5.74, 6) is -0.860. The fourth-order valence-corrected chi connectivity index (χ4v) is 8.32. The lowest BCUT2D eigenvalue weighted by molar-refractivity contribution is -0.161. The van der Waals surface area contributed by atoms with Gasteiger partial charge in [-0.05, 0) is 122 Å². The van der Waals surface area contributed by atoms with Crippen LogP contribution in [0.1, 0.15) is 219 Å². The van der Waals surface area contributed by atoms with Gasteiger partial charge in [0, 0.05) is 19.4 Å². The minimum atomic E-state index is -4.40. The largest absolute Gasteiger partial charge is 0.472 e. The number of phosphoric ester groups is 1. The number of allylic oxidation sites excluding steroid dienone is 26. The summed E-state index contributed by atoms with van der Waals surface area (Å²) >= 11 is 0. The molecule has 0 aromatic rings. The Balaban J connectivity index is 4.02. The minimum Gasteiger partial charge on any atom is -0.462 e. The van der Waals surface area contributed by atoms with E-state index in [2.05, 4.69) is 172 Å². The molecule has 0 saturated carbocycles. The van der Waals surface area contributed by atoms with Crippen molar-refractivity contribution in [1.29, 1.82) is 0 Å². The van der Waals surface area contributed by atoms with Gasteiger partial charge < -0.3 is 20.1 Å². The van der Waals surface area contributed by atoms with Gasteiger partial charge in [0.2, 0.25) is 0 Å². The molecule has 3 N–H and O–H groups in total. The molecule has 0 aliphatic heterocycles. The summed E-state index contributed by atoms with van der Waals surface area (Å²) in [6, 6.07) is 0. The molecule has 0 bridgehead atoms. The number of nitrogens with two attached hydrogens (primary N) is 1. The van der Waals surface area contributed by atoms with E-state index in [0.29, 0.717) is 12.8 Å². The highest BCUT2D eigenvalue weighted by Gasteiger charge is 2.26. The van der Waals surface area contributed by atoms with Gasteiger partial charge in [0.15, 0.2) is 6.10 Å². The number of hydrogen-bond donors (Lipinski definition) is 2. The van der Waals surface area contributed by atoms with E-state index in [1.165, 1.54) is 44.9 Å². The van der Waals surface area contributed by atoms with Gasteiger partial charge in [0.1, 0.15) is 6.61 Å². The normalized spacial score (nSPS) is 14.2. The third-order valence-electron chi connectivity index (χ3n) is 11.9. The van der Waals surface area contributed by atoms with E-state index in [1.54, 1.807) is 0 Å². The number of unbranched alkanes of at least 4 members (excludes halogenated alkanes) is 15. The van der Waals surface area contributed by atoms with E-state index < -0.39 is 32.5 Å². The lowest BCUT2D eigenvalue weighted by atomic mass is 10.1. The van der Waals surface area contributed by atoms with Gasteiger partial charge in [-0.3, -0.25) is 18.6 Å². The summed E-state index contributed by atoms with van der Waals surface area (Å²) < 4.78 is 33.0. The molecule has 10 heteroatoms. The van der Waals surface area contributed by atoms with Crippen LogP contribution >= 0.6 is 7.82 Å². The van der Waals surface area contributed by atoms with Crippen molar-refractivity contribution in [3.8, 4) is 0 Å². The van der Waals surface area contributed by atoms with Gasteiger partial charge in [-0.1, -0.05) is 242 Å². The molecule has 0 aromatic carbocycles. The molecule has 0 heterocycles. The van der Waals surface area contributed by atoms with Crippen LogP contribution < -0.4 is 5.73 Å². The molecule has 0 aliphatic rings. The SMILES string of the molecule is CC/C=C\C/C=C\C/C=C\C/C=C\C/C=C\C/C=C\C/C=C\C/C=C\C/C=C\C/C=C\CCCCCCCCCCC(=O)OC(COC(=O)CCCCCCCCC/C=C\C/C=C\C/C=C\CC)COP(=O)(O)OCCN. The Morgan fingerprint density at radius 2 is 0.675 bits per heavy atom. The topological polar surface area (TPSA) is 134 Å². The van der Waals surface area contributed by atoms with E-state index in [1.807, 2.05) is 0 Å². The first-order chi connectivity index (χ1) is 37.8.